The van der Waals surface area contributed by atoms with E-state index in [9.17, 15) is 5.11 Å². The summed E-state index contributed by atoms with van der Waals surface area (Å²) in [6.45, 7) is 4.50. The topological polar surface area (TPSA) is 41.5 Å². The molecule has 3 heteroatoms. The Morgan fingerprint density at radius 2 is 2.19 bits per heavy atom. The van der Waals surface area contributed by atoms with Crippen LogP contribution in [0.3, 0.4) is 0 Å². The van der Waals surface area contributed by atoms with Gasteiger partial charge in [0.1, 0.15) is 0 Å². The lowest BCUT2D eigenvalue weighted by molar-refractivity contribution is 0.372. The van der Waals surface area contributed by atoms with E-state index in [1.54, 1.807) is 12.1 Å². The molecule has 1 aromatic rings. The second-order valence-corrected chi connectivity index (χ2v) is 4.13. The van der Waals surface area contributed by atoms with Crippen LogP contribution in [0.25, 0.3) is 0 Å². The van der Waals surface area contributed by atoms with Gasteiger partial charge in [-0.05, 0) is 31.5 Å². The second kappa shape index (κ2) is 4.91. The van der Waals surface area contributed by atoms with Crippen molar-refractivity contribution in [3.05, 3.63) is 23.8 Å². The van der Waals surface area contributed by atoms with Crippen molar-refractivity contribution in [2.24, 2.45) is 0 Å². The number of phenolic OH excluding ortho intramolecular Hbond substituents is 1. The molecule has 0 saturated carbocycles. The number of nitrogens with one attached hydrogen (secondary N) is 1. The predicted molar refractivity (Wildman–Crippen MR) is 64.4 cm³/mol. The Morgan fingerprint density at radius 3 is 2.75 bits per heavy atom. The number of rotatable bonds is 4. The molecular weight excluding hydrogens is 202 g/mol. The SMILES string of the molecule is C#CC(C)(C)NCc1ccc(O)c(OC)c1. The van der Waals surface area contributed by atoms with E-state index < -0.39 is 0 Å². The summed E-state index contributed by atoms with van der Waals surface area (Å²) >= 11 is 0. The van der Waals surface area contributed by atoms with Crippen LogP contribution >= 0.6 is 0 Å². The minimum absolute atomic E-state index is 0.141. The molecule has 86 valence electrons. The van der Waals surface area contributed by atoms with E-state index in [1.807, 2.05) is 19.9 Å². The molecule has 0 radical (unpaired) electrons. The van der Waals surface area contributed by atoms with E-state index in [1.165, 1.54) is 7.11 Å². The van der Waals surface area contributed by atoms with Crippen LogP contribution in [0.15, 0.2) is 18.2 Å². The van der Waals surface area contributed by atoms with Crippen molar-refractivity contribution in [1.29, 1.82) is 0 Å². The van der Waals surface area contributed by atoms with Crippen molar-refractivity contribution in [2.45, 2.75) is 25.9 Å². The zero-order valence-corrected chi connectivity index (χ0v) is 9.87. The maximum Gasteiger partial charge on any atom is 0.160 e. The van der Waals surface area contributed by atoms with Gasteiger partial charge in [-0.25, -0.2) is 0 Å². The molecule has 0 amide bonds. The lowest BCUT2D eigenvalue weighted by Crippen LogP contribution is -2.36. The Bertz CT molecular complexity index is 405. The molecule has 0 heterocycles. The molecular formula is C13H17NO2. The monoisotopic (exact) mass is 219 g/mol. The molecule has 0 aliphatic rings. The Morgan fingerprint density at radius 1 is 1.50 bits per heavy atom. The third-order valence-electron chi connectivity index (χ3n) is 2.34. The maximum absolute atomic E-state index is 9.43. The number of benzene rings is 1. The lowest BCUT2D eigenvalue weighted by atomic mass is 10.1. The van der Waals surface area contributed by atoms with E-state index in [-0.39, 0.29) is 11.3 Å². The summed E-state index contributed by atoms with van der Waals surface area (Å²) in [6.07, 6.45) is 5.37. The predicted octanol–water partition coefficient (Wildman–Crippen LogP) is 1.90. The first-order valence-corrected chi connectivity index (χ1v) is 5.07. The first-order valence-electron chi connectivity index (χ1n) is 5.07. The van der Waals surface area contributed by atoms with Gasteiger partial charge in [0.2, 0.25) is 0 Å². The molecule has 1 aromatic carbocycles. The van der Waals surface area contributed by atoms with Crippen LogP contribution in [0, 0.1) is 12.3 Å². The fraction of sp³-hybridized carbons (Fsp3) is 0.385. The molecule has 0 fully saturated rings. The van der Waals surface area contributed by atoms with Crippen LogP contribution in [-0.4, -0.2) is 17.8 Å². The lowest BCUT2D eigenvalue weighted by Gasteiger charge is -2.19. The highest BCUT2D eigenvalue weighted by Crippen LogP contribution is 2.26. The summed E-state index contributed by atoms with van der Waals surface area (Å²) in [5.41, 5.74) is 0.670. The smallest absolute Gasteiger partial charge is 0.160 e. The molecule has 0 spiro atoms. The van der Waals surface area contributed by atoms with Gasteiger partial charge in [0.15, 0.2) is 11.5 Å². The molecule has 0 aliphatic carbocycles. The van der Waals surface area contributed by atoms with Crippen molar-refractivity contribution >= 4 is 0 Å². The van der Waals surface area contributed by atoms with Crippen molar-refractivity contribution in [3.8, 4) is 23.8 Å². The van der Waals surface area contributed by atoms with E-state index >= 15 is 0 Å². The van der Waals surface area contributed by atoms with Crippen molar-refractivity contribution in [3.63, 3.8) is 0 Å². The standard InChI is InChI=1S/C13H17NO2/c1-5-13(2,3)14-9-10-6-7-11(15)12(8-10)16-4/h1,6-8,14-15H,9H2,2-4H3. The van der Waals surface area contributed by atoms with Gasteiger partial charge >= 0.3 is 0 Å². The molecule has 0 aromatic heterocycles. The number of ether oxygens (including phenoxy) is 1. The summed E-state index contributed by atoms with van der Waals surface area (Å²) in [4.78, 5) is 0. The highest BCUT2D eigenvalue weighted by molar-refractivity contribution is 5.41. The molecule has 0 unspecified atom stereocenters. The van der Waals surface area contributed by atoms with Crippen LogP contribution < -0.4 is 10.1 Å². The van der Waals surface area contributed by atoms with Gasteiger partial charge in [-0.1, -0.05) is 12.0 Å². The fourth-order valence-corrected chi connectivity index (χ4v) is 1.21. The third kappa shape index (κ3) is 3.18. The number of hydrogen-bond acceptors (Lipinski definition) is 3. The molecule has 16 heavy (non-hydrogen) atoms. The van der Waals surface area contributed by atoms with Gasteiger partial charge in [0.05, 0.1) is 12.6 Å². The van der Waals surface area contributed by atoms with Crippen molar-refractivity contribution in [2.75, 3.05) is 7.11 Å². The summed E-state index contributed by atoms with van der Waals surface area (Å²) in [7, 11) is 1.53. The molecule has 0 atom stereocenters. The average Bonchev–Trinajstić information content (AvgIpc) is 2.28. The highest BCUT2D eigenvalue weighted by atomic mass is 16.5. The normalized spacial score (nSPS) is 10.9. The summed E-state index contributed by atoms with van der Waals surface area (Å²) in [6, 6.07) is 5.23. The molecule has 0 bridgehead atoms. The van der Waals surface area contributed by atoms with Crippen LogP contribution in [0.5, 0.6) is 11.5 Å². The number of hydrogen-bond donors (Lipinski definition) is 2. The molecule has 0 aliphatic heterocycles. The van der Waals surface area contributed by atoms with E-state index in [2.05, 4.69) is 11.2 Å². The number of aromatic hydroxyl groups is 1. The van der Waals surface area contributed by atoms with Gasteiger partial charge in [0.25, 0.3) is 0 Å². The number of methoxy groups -OCH3 is 1. The highest BCUT2D eigenvalue weighted by Gasteiger charge is 2.12. The van der Waals surface area contributed by atoms with Gasteiger partial charge < -0.3 is 9.84 Å². The Hall–Kier alpha value is -1.66. The largest absolute Gasteiger partial charge is 0.504 e. The Kier molecular flexibility index (Phi) is 3.81. The van der Waals surface area contributed by atoms with E-state index in [0.717, 1.165) is 5.56 Å². The maximum atomic E-state index is 9.43. The summed E-state index contributed by atoms with van der Waals surface area (Å²) in [5.74, 6) is 3.27. The Labute approximate surface area is 96.4 Å². The van der Waals surface area contributed by atoms with Gasteiger partial charge in [-0.3, -0.25) is 5.32 Å². The van der Waals surface area contributed by atoms with Crippen molar-refractivity contribution < 1.29 is 9.84 Å². The number of phenols is 1. The summed E-state index contributed by atoms with van der Waals surface area (Å²) < 4.78 is 5.03. The van der Waals surface area contributed by atoms with Crippen LogP contribution in [0.1, 0.15) is 19.4 Å². The second-order valence-electron chi connectivity index (χ2n) is 4.13. The quantitative estimate of drug-likeness (QED) is 0.760. The minimum Gasteiger partial charge on any atom is -0.504 e. The molecule has 3 nitrogen and oxygen atoms in total. The minimum atomic E-state index is -0.342. The van der Waals surface area contributed by atoms with Gasteiger partial charge in [-0.2, -0.15) is 0 Å². The zero-order chi connectivity index (χ0) is 12.2. The molecule has 0 saturated heterocycles. The van der Waals surface area contributed by atoms with E-state index in [0.29, 0.717) is 12.3 Å². The molecule has 1 rings (SSSR count). The van der Waals surface area contributed by atoms with Crippen molar-refractivity contribution in [1.82, 2.24) is 5.32 Å². The van der Waals surface area contributed by atoms with Gasteiger partial charge in [-0.15, -0.1) is 6.42 Å². The zero-order valence-electron chi connectivity index (χ0n) is 9.87. The third-order valence-corrected chi connectivity index (χ3v) is 2.34. The molecule has 2 N–H and O–H groups in total. The average molecular weight is 219 g/mol. The van der Waals surface area contributed by atoms with E-state index in [4.69, 9.17) is 11.2 Å². The van der Waals surface area contributed by atoms with Crippen LogP contribution in [0.2, 0.25) is 0 Å². The first-order chi connectivity index (χ1) is 7.48. The van der Waals surface area contributed by atoms with Crippen LogP contribution in [0.4, 0.5) is 0 Å². The fourth-order valence-electron chi connectivity index (χ4n) is 1.21. The Balaban J connectivity index is 2.73. The number of terminal acetylenes is 1. The van der Waals surface area contributed by atoms with Gasteiger partial charge in [0, 0.05) is 6.54 Å². The van der Waals surface area contributed by atoms with Crippen LogP contribution in [-0.2, 0) is 6.54 Å². The first kappa shape index (κ1) is 12.4. The summed E-state index contributed by atoms with van der Waals surface area (Å²) in [5, 5.41) is 12.7.